The highest BCUT2D eigenvalue weighted by molar-refractivity contribution is 7.92. The van der Waals surface area contributed by atoms with Crippen molar-refractivity contribution in [1.82, 2.24) is 10.2 Å². The highest BCUT2D eigenvalue weighted by atomic mass is 35.5. The van der Waals surface area contributed by atoms with Crippen molar-refractivity contribution in [3.8, 4) is 5.75 Å². The van der Waals surface area contributed by atoms with E-state index in [4.69, 9.17) is 16.3 Å². The summed E-state index contributed by atoms with van der Waals surface area (Å²) in [5.41, 5.74) is 1.46. The summed E-state index contributed by atoms with van der Waals surface area (Å²) in [7, 11) is -3.28. The minimum Gasteiger partial charge on any atom is -0.495 e. The molecule has 3 aromatic carbocycles. The largest absolute Gasteiger partial charge is 0.495 e. The van der Waals surface area contributed by atoms with Crippen molar-refractivity contribution in [2.45, 2.75) is 58.1 Å². The van der Waals surface area contributed by atoms with Gasteiger partial charge in [-0.2, -0.15) is 0 Å². The molecule has 0 aliphatic carbocycles. The number of carbonyl (C=O) groups is 2. The lowest BCUT2D eigenvalue weighted by Crippen LogP contribution is -2.52. The van der Waals surface area contributed by atoms with Crippen LogP contribution in [-0.2, 0) is 26.2 Å². The zero-order valence-corrected chi connectivity index (χ0v) is 26.4. The highest BCUT2D eigenvalue weighted by Crippen LogP contribution is 2.36. The summed E-state index contributed by atoms with van der Waals surface area (Å²) in [6.07, 6.45) is 0. The predicted molar refractivity (Wildman–Crippen MR) is 165 cm³/mol. The average Bonchev–Trinajstić information content (AvgIpc) is 2.94. The van der Waals surface area contributed by atoms with Gasteiger partial charge in [0, 0.05) is 29.2 Å². The van der Waals surface area contributed by atoms with E-state index in [-0.39, 0.29) is 34.6 Å². The quantitative estimate of drug-likeness (QED) is 0.219. The van der Waals surface area contributed by atoms with Crippen LogP contribution in [0.2, 0.25) is 5.02 Å². The van der Waals surface area contributed by atoms with E-state index in [0.717, 1.165) is 21.5 Å². The molecule has 3 aromatic rings. The third-order valence-electron chi connectivity index (χ3n) is 6.85. The molecule has 1 atom stereocenters. The molecule has 0 radical (unpaired) electrons. The van der Waals surface area contributed by atoms with Crippen molar-refractivity contribution in [2.75, 3.05) is 18.0 Å². The van der Waals surface area contributed by atoms with Crippen molar-refractivity contribution >= 4 is 44.8 Å². The highest BCUT2D eigenvalue weighted by Gasteiger charge is 2.35. The molecule has 0 saturated heterocycles. The fraction of sp³-hybridized carbons (Fsp3) is 0.333. The number of benzene rings is 3. The minimum absolute atomic E-state index is 0.0226. The van der Waals surface area contributed by atoms with Crippen LogP contribution in [0.25, 0.3) is 0 Å². The van der Waals surface area contributed by atoms with E-state index >= 15 is 0 Å². The number of carbonyl (C=O) groups excluding carboxylic acids is 2. The number of hydrogen-bond acceptors (Lipinski definition) is 7. The number of amides is 2. The minimum atomic E-state index is -4.61. The van der Waals surface area contributed by atoms with Crippen molar-refractivity contribution in [2.24, 2.45) is 0 Å². The molecule has 1 N–H and O–H groups in total. The number of ether oxygens (including phenoxy) is 1. The third-order valence-corrected chi connectivity index (χ3v) is 8.84. The van der Waals surface area contributed by atoms with Crippen molar-refractivity contribution in [1.29, 1.82) is 0 Å². The van der Waals surface area contributed by atoms with Gasteiger partial charge in [0.25, 0.3) is 15.7 Å². The first kappa shape index (κ1) is 33.3. The molecule has 0 bridgehead atoms. The molecule has 0 heterocycles. The second kappa shape index (κ2) is 13.9. The second-order valence-corrected chi connectivity index (χ2v) is 12.6. The van der Waals surface area contributed by atoms with Gasteiger partial charge in [0.15, 0.2) is 0 Å². The number of nitrogens with one attached hydrogen (secondary N) is 1. The Morgan fingerprint density at radius 2 is 1.70 bits per heavy atom. The van der Waals surface area contributed by atoms with Crippen LogP contribution in [0.4, 0.5) is 11.4 Å². The zero-order chi connectivity index (χ0) is 32.1. The van der Waals surface area contributed by atoms with Gasteiger partial charge in [-0.1, -0.05) is 41.9 Å². The monoisotopic (exact) mass is 630 g/mol. The maximum atomic E-state index is 14.2. The molecule has 11 nitrogen and oxygen atoms in total. The van der Waals surface area contributed by atoms with Crippen LogP contribution < -0.4 is 14.4 Å². The summed E-state index contributed by atoms with van der Waals surface area (Å²) in [6.45, 7) is 7.77. The molecule has 3 rings (SSSR count). The topological polar surface area (TPSA) is 139 Å². The van der Waals surface area contributed by atoms with E-state index < -0.39 is 49.9 Å². The van der Waals surface area contributed by atoms with Crippen LogP contribution >= 0.6 is 11.6 Å². The lowest BCUT2D eigenvalue weighted by Gasteiger charge is -2.33. The van der Waals surface area contributed by atoms with Crippen molar-refractivity contribution in [3.05, 3.63) is 92.5 Å². The van der Waals surface area contributed by atoms with Gasteiger partial charge in [-0.25, -0.2) is 8.42 Å². The lowest BCUT2D eigenvalue weighted by atomic mass is 10.1. The zero-order valence-electron chi connectivity index (χ0n) is 24.8. The van der Waals surface area contributed by atoms with Crippen LogP contribution in [-0.4, -0.2) is 55.8 Å². The molecule has 0 saturated carbocycles. The van der Waals surface area contributed by atoms with E-state index in [2.05, 4.69) is 5.32 Å². The maximum absolute atomic E-state index is 14.2. The molecule has 13 heteroatoms. The Labute approximate surface area is 256 Å². The van der Waals surface area contributed by atoms with Gasteiger partial charge in [-0.3, -0.25) is 24.0 Å². The number of rotatable bonds is 12. The number of sulfonamides is 1. The maximum Gasteiger partial charge on any atom is 0.273 e. The van der Waals surface area contributed by atoms with Gasteiger partial charge in [-0.05, 0) is 70.0 Å². The van der Waals surface area contributed by atoms with Crippen LogP contribution in [0.1, 0.15) is 37.5 Å². The molecule has 0 aliphatic rings. The summed E-state index contributed by atoms with van der Waals surface area (Å²) in [6, 6.07) is 14.0. The van der Waals surface area contributed by atoms with Gasteiger partial charge in [0.05, 0.1) is 22.6 Å². The summed E-state index contributed by atoms with van der Waals surface area (Å²) in [5.74, 6) is -1.01. The molecule has 0 spiro atoms. The first-order valence-corrected chi connectivity index (χ1v) is 15.2. The van der Waals surface area contributed by atoms with E-state index in [9.17, 15) is 28.1 Å². The van der Waals surface area contributed by atoms with Crippen molar-refractivity contribution < 1.29 is 27.7 Å². The standard InChI is InChI=1S/C30H35ClN4O7S/c1-19(2)32-30(37)22(5)33(17-23-10-8-7-9-20(23)3)29(36)18-34(27-15-24(31)12-14-28(27)42-6)43(40,41)25-13-11-21(4)26(16-25)35(38)39/h7-16,19,22H,17-18H2,1-6H3,(H,32,37). The van der Waals surface area contributed by atoms with Crippen LogP contribution in [0.3, 0.4) is 0 Å². The molecule has 0 aromatic heterocycles. The Balaban J connectivity index is 2.18. The van der Waals surface area contributed by atoms with Crippen LogP contribution in [0.5, 0.6) is 5.75 Å². The van der Waals surface area contributed by atoms with E-state index in [1.165, 1.54) is 49.3 Å². The Kier molecular flexibility index (Phi) is 10.8. The van der Waals surface area contributed by atoms with Crippen LogP contribution in [0.15, 0.2) is 65.6 Å². The van der Waals surface area contributed by atoms with E-state index in [1.54, 1.807) is 20.8 Å². The first-order chi connectivity index (χ1) is 20.2. The average molecular weight is 631 g/mol. The molecule has 230 valence electrons. The summed E-state index contributed by atoms with van der Waals surface area (Å²) >= 11 is 6.25. The van der Waals surface area contributed by atoms with Crippen LogP contribution in [0, 0.1) is 24.0 Å². The molecule has 2 amide bonds. The number of nitrogens with zero attached hydrogens (tertiary/aromatic N) is 3. The Bertz CT molecular complexity index is 1630. The van der Waals surface area contributed by atoms with Gasteiger partial charge < -0.3 is 15.0 Å². The summed E-state index contributed by atoms with van der Waals surface area (Å²) in [4.78, 5) is 39.1. The van der Waals surface area contributed by atoms with Crippen molar-refractivity contribution in [3.63, 3.8) is 0 Å². The van der Waals surface area contributed by atoms with Gasteiger partial charge in [-0.15, -0.1) is 0 Å². The third kappa shape index (κ3) is 7.82. The first-order valence-electron chi connectivity index (χ1n) is 13.4. The normalized spacial score (nSPS) is 12.0. The molecule has 0 fully saturated rings. The second-order valence-electron chi connectivity index (χ2n) is 10.3. The van der Waals surface area contributed by atoms with Gasteiger partial charge >= 0.3 is 0 Å². The SMILES string of the molecule is COc1ccc(Cl)cc1N(CC(=O)N(Cc1ccccc1C)C(C)C(=O)NC(C)C)S(=O)(=O)c1ccc(C)c([N+](=O)[O-])c1. The number of aryl methyl sites for hydroxylation is 2. The smallest absolute Gasteiger partial charge is 0.273 e. The molecule has 43 heavy (non-hydrogen) atoms. The summed E-state index contributed by atoms with van der Waals surface area (Å²) in [5, 5.41) is 14.6. The molecule has 0 aliphatic heterocycles. The lowest BCUT2D eigenvalue weighted by molar-refractivity contribution is -0.385. The molecular formula is C30H35ClN4O7S. The fourth-order valence-corrected chi connectivity index (χ4v) is 6.01. The number of nitro groups is 1. The number of methoxy groups -OCH3 is 1. The fourth-order valence-electron chi connectivity index (χ4n) is 4.40. The predicted octanol–water partition coefficient (Wildman–Crippen LogP) is 5.01. The number of nitro benzene ring substituents is 1. The van der Waals surface area contributed by atoms with Gasteiger partial charge in [0.2, 0.25) is 11.8 Å². The van der Waals surface area contributed by atoms with Gasteiger partial charge in [0.1, 0.15) is 18.3 Å². The molecule has 1 unspecified atom stereocenters. The van der Waals surface area contributed by atoms with E-state index in [1.807, 2.05) is 31.2 Å². The Hall–Kier alpha value is -4.16. The molecular weight excluding hydrogens is 596 g/mol. The number of anilines is 1. The summed E-state index contributed by atoms with van der Waals surface area (Å²) < 4.78 is 34.6. The Morgan fingerprint density at radius 3 is 2.30 bits per heavy atom. The number of hydrogen-bond donors (Lipinski definition) is 1. The number of halogens is 1. The Morgan fingerprint density at radius 1 is 1.02 bits per heavy atom. The van der Waals surface area contributed by atoms with E-state index in [0.29, 0.717) is 0 Å².